The molecular formula is C83H144O17P2. The molecule has 588 valence electrons. The predicted octanol–water partition coefficient (Wildman–Crippen LogP) is 23.3. The average molecular weight is 1480 g/mol. The molecule has 0 heterocycles. The zero-order chi connectivity index (χ0) is 74.6. The summed E-state index contributed by atoms with van der Waals surface area (Å²) in [5, 5.41) is 10.6. The fourth-order valence-electron chi connectivity index (χ4n) is 10.6. The second-order valence-corrected chi connectivity index (χ2v) is 29.6. The lowest BCUT2D eigenvalue weighted by molar-refractivity contribution is -0.161. The number of ether oxygens (including phenoxy) is 4. The molecule has 0 amide bonds. The van der Waals surface area contributed by atoms with Gasteiger partial charge < -0.3 is 33.8 Å². The second kappa shape index (κ2) is 75.0. The Morgan fingerprint density at radius 2 is 0.490 bits per heavy atom. The minimum Gasteiger partial charge on any atom is -0.462 e. The van der Waals surface area contributed by atoms with Gasteiger partial charge >= 0.3 is 39.5 Å². The molecule has 2 unspecified atom stereocenters. The molecule has 0 radical (unpaired) electrons. The maximum atomic E-state index is 13.1. The monoisotopic (exact) mass is 1470 g/mol. The van der Waals surface area contributed by atoms with Crippen LogP contribution in [0.1, 0.15) is 336 Å². The largest absolute Gasteiger partial charge is 0.472 e. The smallest absolute Gasteiger partial charge is 0.462 e. The van der Waals surface area contributed by atoms with E-state index in [9.17, 15) is 43.2 Å². The Bertz CT molecular complexity index is 2360. The molecule has 0 fully saturated rings. The van der Waals surface area contributed by atoms with E-state index in [4.69, 9.17) is 37.0 Å². The standard InChI is InChI=1S/C83H144O17P2/c1-5-9-13-17-21-25-29-33-36-38-41-45-48-52-56-60-64-68-81(86)94-74-79(100-83(88)70-66-62-58-54-50-46-42-39-37-34-30-26-22-18-14-10-6-2)76-98-102(91,92)96-72-77(84)71-95-101(89,90)97-75-78(99-82(87)69-65-61-57-53-49-43-32-28-24-20-16-12-8-4)73-93-80(85)67-63-59-55-51-47-44-40-35-31-27-23-19-15-11-7-3/h21-22,25-26,33-37,40-42,45-46,52,54,56,58,77-79,84H,5-20,23-24,27-32,38-39,43-44,47-51,53,55,57,59-76H2,1-4H3,(H,89,90)(H,91,92)/b25-21-,26-22-,36-33-,37-34-,40-35-,45-41-,46-42-,56-52-,58-54-/t77-,78+,79+/m0/s1. The molecule has 102 heavy (non-hydrogen) atoms. The molecule has 0 aliphatic carbocycles. The summed E-state index contributed by atoms with van der Waals surface area (Å²) in [4.78, 5) is 72.9. The summed E-state index contributed by atoms with van der Waals surface area (Å²) in [5.74, 6) is -2.30. The Morgan fingerprint density at radius 3 is 0.814 bits per heavy atom. The zero-order valence-corrected chi connectivity index (χ0v) is 66.0. The van der Waals surface area contributed by atoms with E-state index in [-0.39, 0.29) is 25.7 Å². The van der Waals surface area contributed by atoms with Crippen molar-refractivity contribution in [1.82, 2.24) is 0 Å². The molecule has 17 nitrogen and oxygen atoms in total. The first-order valence-corrected chi connectivity index (χ1v) is 43.1. The maximum absolute atomic E-state index is 13.1. The summed E-state index contributed by atoms with van der Waals surface area (Å²) in [6, 6.07) is 0. The number of unbranched alkanes of at least 4 members (excludes halogenated alkanes) is 31. The van der Waals surface area contributed by atoms with Crippen LogP contribution in [0.2, 0.25) is 0 Å². The van der Waals surface area contributed by atoms with Crippen molar-refractivity contribution in [3.63, 3.8) is 0 Å². The van der Waals surface area contributed by atoms with Crippen LogP contribution >= 0.6 is 15.6 Å². The Balaban J connectivity index is 5.45. The Morgan fingerprint density at radius 1 is 0.275 bits per heavy atom. The summed E-state index contributed by atoms with van der Waals surface area (Å²) in [7, 11) is -9.99. The lowest BCUT2D eigenvalue weighted by atomic mass is 10.0. The molecule has 0 rings (SSSR count). The van der Waals surface area contributed by atoms with Crippen LogP contribution in [0.3, 0.4) is 0 Å². The van der Waals surface area contributed by atoms with Crippen molar-refractivity contribution in [2.24, 2.45) is 0 Å². The van der Waals surface area contributed by atoms with Crippen LogP contribution in [0.4, 0.5) is 0 Å². The van der Waals surface area contributed by atoms with E-state index in [2.05, 4.69) is 113 Å². The molecule has 0 saturated heterocycles. The van der Waals surface area contributed by atoms with Gasteiger partial charge in [-0.3, -0.25) is 37.3 Å². The molecule has 3 N–H and O–H groups in total. The first-order chi connectivity index (χ1) is 49.7. The van der Waals surface area contributed by atoms with Crippen LogP contribution in [0.15, 0.2) is 109 Å². The molecule has 19 heteroatoms. The first kappa shape index (κ1) is 97.7. The minimum atomic E-state index is -5.00. The van der Waals surface area contributed by atoms with Crippen LogP contribution in [0, 0.1) is 0 Å². The molecule has 0 saturated carbocycles. The van der Waals surface area contributed by atoms with Crippen molar-refractivity contribution in [1.29, 1.82) is 0 Å². The van der Waals surface area contributed by atoms with Crippen molar-refractivity contribution in [3.8, 4) is 0 Å². The molecule has 0 aromatic carbocycles. The van der Waals surface area contributed by atoms with Crippen molar-refractivity contribution >= 4 is 39.5 Å². The highest BCUT2D eigenvalue weighted by Gasteiger charge is 2.30. The van der Waals surface area contributed by atoms with Gasteiger partial charge in [-0.2, -0.15) is 0 Å². The molecule has 5 atom stereocenters. The second-order valence-electron chi connectivity index (χ2n) is 26.7. The van der Waals surface area contributed by atoms with Crippen LogP contribution in [0.25, 0.3) is 0 Å². The number of rotatable bonds is 75. The van der Waals surface area contributed by atoms with E-state index >= 15 is 0 Å². The minimum absolute atomic E-state index is 0.00647. The number of phosphoric ester groups is 2. The van der Waals surface area contributed by atoms with Crippen LogP contribution in [0.5, 0.6) is 0 Å². The van der Waals surface area contributed by atoms with Gasteiger partial charge in [-0.05, 0) is 128 Å². The summed E-state index contributed by atoms with van der Waals surface area (Å²) in [5.41, 5.74) is 0. The van der Waals surface area contributed by atoms with Crippen molar-refractivity contribution in [2.75, 3.05) is 39.6 Å². The molecule has 0 spiro atoms. The van der Waals surface area contributed by atoms with E-state index in [1.54, 1.807) is 0 Å². The number of allylic oxidation sites excluding steroid dienone is 18. The normalized spacial score (nSPS) is 14.5. The number of hydrogen-bond acceptors (Lipinski definition) is 15. The molecular weight excluding hydrogens is 1330 g/mol. The van der Waals surface area contributed by atoms with E-state index in [0.717, 1.165) is 116 Å². The number of hydrogen-bond donors (Lipinski definition) is 3. The topological polar surface area (TPSA) is 237 Å². The summed E-state index contributed by atoms with van der Waals surface area (Å²) in [6.45, 7) is 4.71. The Kier molecular flexibility index (Phi) is 71.8. The number of aliphatic hydroxyl groups is 1. The van der Waals surface area contributed by atoms with E-state index in [1.807, 2.05) is 24.3 Å². The zero-order valence-electron chi connectivity index (χ0n) is 64.3. The lowest BCUT2D eigenvalue weighted by Crippen LogP contribution is -2.30. The fraction of sp³-hybridized carbons (Fsp3) is 0.735. The number of esters is 4. The SMILES string of the molecule is CCCCC/C=C\C/C=C\C/C=C\C/C=C\CCCC(=O)OC[C@H](COP(=O)(O)OC[C@@H](O)COP(=O)(O)OC[C@@H](COC(=O)CCCCCCC/C=C\CCCCCCCC)OC(=O)CCCCCCCCCCCCCCC)OC(=O)CCC/C=C\C/C=C\C/C=C\C/C=C\CCCCC. The molecule has 0 bridgehead atoms. The summed E-state index contributed by atoms with van der Waals surface area (Å²) in [6.07, 6.45) is 80.8. The van der Waals surface area contributed by atoms with Crippen molar-refractivity contribution < 1.29 is 80.2 Å². The van der Waals surface area contributed by atoms with Gasteiger partial charge in [0.25, 0.3) is 0 Å². The third-order valence-electron chi connectivity index (χ3n) is 16.7. The Labute approximate surface area is 619 Å². The quantitative estimate of drug-likeness (QED) is 0.0169. The van der Waals surface area contributed by atoms with E-state index in [1.165, 1.54) is 128 Å². The summed E-state index contributed by atoms with van der Waals surface area (Å²) < 4.78 is 68.5. The number of aliphatic hydroxyl groups excluding tert-OH is 1. The predicted molar refractivity (Wildman–Crippen MR) is 418 cm³/mol. The van der Waals surface area contributed by atoms with Gasteiger partial charge in [0.1, 0.15) is 19.3 Å². The van der Waals surface area contributed by atoms with Crippen LogP contribution in [-0.4, -0.2) is 96.7 Å². The molecule has 0 aliphatic heterocycles. The van der Waals surface area contributed by atoms with Gasteiger partial charge in [-0.25, -0.2) is 9.13 Å². The van der Waals surface area contributed by atoms with Gasteiger partial charge in [-0.1, -0.05) is 291 Å². The number of carbonyl (C=O) groups is 4. The molecule has 0 aliphatic rings. The van der Waals surface area contributed by atoms with E-state index in [0.29, 0.717) is 38.5 Å². The Hall–Kier alpha value is -4.28. The molecule has 0 aromatic heterocycles. The average Bonchev–Trinajstić information content (AvgIpc) is 0.959. The first-order valence-electron chi connectivity index (χ1n) is 40.1. The van der Waals surface area contributed by atoms with Gasteiger partial charge in [0.15, 0.2) is 12.2 Å². The van der Waals surface area contributed by atoms with Gasteiger partial charge in [-0.15, -0.1) is 0 Å². The van der Waals surface area contributed by atoms with Crippen molar-refractivity contribution in [3.05, 3.63) is 109 Å². The van der Waals surface area contributed by atoms with Gasteiger partial charge in [0.2, 0.25) is 0 Å². The lowest BCUT2D eigenvalue weighted by Gasteiger charge is -2.21. The van der Waals surface area contributed by atoms with E-state index < -0.39 is 97.5 Å². The van der Waals surface area contributed by atoms with Crippen LogP contribution in [-0.2, 0) is 65.4 Å². The highest BCUT2D eigenvalue weighted by molar-refractivity contribution is 7.47. The third kappa shape index (κ3) is 74.0. The summed E-state index contributed by atoms with van der Waals surface area (Å²) >= 11 is 0. The molecule has 0 aromatic rings. The van der Waals surface area contributed by atoms with Gasteiger partial charge in [0, 0.05) is 25.7 Å². The van der Waals surface area contributed by atoms with Crippen LogP contribution < -0.4 is 0 Å². The third-order valence-corrected chi connectivity index (χ3v) is 18.6. The van der Waals surface area contributed by atoms with Crippen molar-refractivity contribution in [2.45, 2.75) is 354 Å². The highest BCUT2D eigenvalue weighted by atomic mass is 31.2. The van der Waals surface area contributed by atoms with Gasteiger partial charge in [0.05, 0.1) is 26.4 Å². The number of phosphoric acid groups is 2. The maximum Gasteiger partial charge on any atom is 0.472 e. The fourth-order valence-corrected chi connectivity index (χ4v) is 12.1. The highest BCUT2D eigenvalue weighted by Crippen LogP contribution is 2.45. The number of carbonyl (C=O) groups excluding carboxylic acids is 4.